The quantitative estimate of drug-likeness (QED) is 0.657. The molecule has 1 rings (SSSR count). The summed E-state index contributed by atoms with van der Waals surface area (Å²) in [5.41, 5.74) is 0.0187. The summed E-state index contributed by atoms with van der Waals surface area (Å²) in [7, 11) is 0. The third kappa shape index (κ3) is 2.77. The van der Waals surface area contributed by atoms with Crippen molar-refractivity contribution in [3.63, 3.8) is 0 Å². The number of benzene rings is 1. The van der Waals surface area contributed by atoms with E-state index in [-0.39, 0.29) is 22.1 Å². The van der Waals surface area contributed by atoms with Crippen LogP contribution in [0.5, 0.6) is 0 Å². The molecule has 0 radical (unpaired) electrons. The summed E-state index contributed by atoms with van der Waals surface area (Å²) in [5, 5.41) is 0.0707. The van der Waals surface area contributed by atoms with E-state index in [0.29, 0.717) is 0 Å². The summed E-state index contributed by atoms with van der Waals surface area (Å²) in [6, 6.07) is 4.35. The number of halogens is 1. The van der Waals surface area contributed by atoms with Crippen molar-refractivity contribution in [3.05, 3.63) is 28.8 Å². The fourth-order valence-corrected chi connectivity index (χ4v) is 2.00. The molecule has 15 heavy (non-hydrogen) atoms. The van der Waals surface area contributed by atoms with E-state index in [1.165, 1.54) is 18.2 Å². The van der Waals surface area contributed by atoms with E-state index >= 15 is 0 Å². The minimum absolute atomic E-state index is 0.0187. The van der Waals surface area contributed by atoms with Gasteiger partial charge in [0.1, 0.15) is 0 Å². The smallest absolute Gasteiger partial charge is 0.339 e. The number of esters is 1. The average molecular weight is 249 g/mol. The van der Waals surface area contributed by atoms with E-state index in [2.05, 4.69) is 0 Å². The summed E-state index contributed by atoms with van der Waals surface area (Å²) in [5.74, 6) is -0.655. The normalized spacial score (nSPS) is 12.2. The molecule has 1 N–H and O–H groups in total. The molecule has 4 nitrogen and oxygen atoms in total. The van der Waals surface area contributed by atoms with Crippen molar-refractivity contribution in [3.8, 4) is 0 Å². The first kappa shape index (κ1) is 12.2. The van der Waals surface area contributed by atoms with Crippen LogP contribution < -0.4 is 0 Å². The maximum atomic E-state index is 11.4. The average Bonchev–Trinajstić information content (AvgIpc) is 2.17. The van der Waals surface area contributed by atoms with E-state index in [1.54, 1.807) is 6.92 Å². The Morgan fingerprint density at radius 2 is 2.27 bits per heavy atom. The first-order chi connectivity index (χ1) is 7.07. The molecule has 1 aromatic carbocycles. The Morgan fingerprint density at radius 3 is 2.80 bits per heavy atom. The topological polar surface area (TPSA) is 63.6 Å². The van der Waals surface area contributed by atoms with Crippen LogP contribution in [0.2, 0.25) is 5.02 Å². The van der Waals surface area contributed by atoms with Crippen LogP contribution >= 0.6 is 11.6 Å². The molecule has 1 unspecified atom stereocenters. The molecule has 0 spiro atoms. The lowest BCUT2D eigenvalue weighted by Crippen LogP contribution is -2.09. The highest BCUT2D eigenvalue weighted by molar-refractivity contribution is 7.79. The van der Waals surface area contributed by atoms with Crippen LogP contribution in [0.15, 0.2) is 23.1 Å². The lowest BCUT2D eigenvalue weighted by molar-refractivity contribution is 0.0522. The maximum absolute atomic E-state index is 11.4. The molecule has 0 saturated heterocycles. The third-order valence-corrected chi connectivity index (χ3v) is 2.85. The zero-order chi connectivity index (χ0) is 11.4. The summed E-state index contributed by atoms with van der Waals surface area (Å²) in [6.45, 7) is 1.85. The Hall–Kier alpha value is -0.910. The van der Waals surface area contributed by atoms with Crippen LogP contribution in [-0.4, -0.2) is 21.3 Å². The summed E-state index contributed by atoms with van der Waals surface area (Å²) < 4.78 is 24.7. The van der Waals surface area contributed by atoms with Gasteiger partial charge in [-0.05, 0) is 19.1 Å². The van der Waals surface area contributed by atoms with Gasteiger partial charge in [0, 0.05) is 0 Å². The Labute approximate surface area is 94.5 Å². The molecule has 0 aliphatic heterocycles. The van der Waals surface area contributed by atoms with Crippen molar-refractivity contribution in [1.82, 2.24) is 0 Å². The first-order valence-electron chi connectivity index (χ1n) is 4.14. The number of rotatable bonds is 3. The third-order valence-electron chi connectivity index (χ3n) is 1.64. The van der Waals surface area contributed by atoms with Crippen molar-refractivity contribution >= 4 is 28.7 Å². The standard InChI is InChI=1S/C9H9ClO4S/c1-2-14-9(11)6-4-3-5-7(10)8(6)15(12)13/h3-5H,2H2,1H3,(H,12,13). The van der Waals surface area contributed by atoms with E-state index in [1.807, 2.05) is 0 Å². The number of hydrogen-bond acceptors (Lipinski definition) is 3. The lowest BCUT2D eigenvalue weighted by Gasteiger charge is -2.06. The fraction of sp³-hybridized carbons (Fsp3) is 0.222. The van der Waals surface area contributed by atoms with E-state index in [0.717, 1.165) is 0 Å². The zero-order valence-electron chi connectivity index (χ0n) is 7.90. The second-order valence-electron chi connectivity index (χ2n) is 2.59. The van der Waals surface area contributed by atoms with Gasteiger partial charge >= 0.3 is 5.97 Å². The van der Waals surface area contributed by atoms with E-state index < -0.39 is 17.0 Å². The van der Waals surface area contributed by atoms with Crippen LogP contribution in [0.25, 0.3) is 0 Å². The van der Waals surface area contributed by atoms with E-state index in [4.69, 9.17) is 20.9 Å². The first-order valence-corrected chi connectivity index (χ1v) is 5.63. The van der Waals surface area contributed by atoms with Gasteiger partial charge in [-0.2, -0.15) is 0 Å². The Morgan fingerprint density at radius 1 is 1.60 bits per heavy atom. The van der Waals surface area contributed by atoms with Crippen LogP contribution in [0, 0.1) is 0 Å². The molecule has 0 aliphatic rings. The molecule has 1 atom stereocenters. The molecule has 0 bridgehead atoms. The van der Waals surface area contributed by atoms with E-state index in [9.17, 15) is 9.00 Å². The molecule has 0 aromatic heterocycles. The highest BCUT2D eigenvalue weighted by atomic mass is 35.5. The molecule has 0 heterocycles. The van der Waals surface area contributed by atoms with Gasteiger partial charge in [0.25, 0.3) is 0 Å². The summed E-state index contributed by atoms with van der Waals surface area (Å²) in [6.07, 6.45) is 0. The fourth-order valence-electron chi connectivity index (χ4n) is 1.06. The molecule has 0 fully saturated rings. The Balaban J connectivity index is 3.23. The Bertz CT molecular complexity index is 405. The van der Waals surface area contributed by atoms with Crippen LogP contribution in [-0.2, 0) is 15.8 Å². The lowest BCUT2D eigenvalue weighted by atomic mass is 10.2. The van der Waals surface area contributed by atoms with Gasteiger partial charge in [-0.3, -0.25) is 0 Å². The minimum Gasteiger partial charge on any atom is -0.462 e. The van der Waals surface area contributed by atoms with Gasteiger partial charge in [0.2, 0.25) is 0 Å². The van der Waals surface area contributed by atoms with Crippen molar-refractivity contribution in [2.24, 2.45) is 0 Å². The Kier molecular flexibility index (Phi) is 4.26. The van der Waals surface area contributed by atoms with Crippen LogP contribution in [0.3, 0.4) is 0 Å². The predicted octanol–water partition coefficient (Wildman–Crippen LogP) is 2.10. The number of ether oxygens (including phenoxy) is 1. The van der Waals surface area contributed by atoms with Gasteiger partial charge in [0.05, 0.1) is 22.1 Å². The number of carbonyl (C=O) groups is 1. The van der Waals surface area contributed by atoms with Crippen LogP contribution in [0.1, 0.15) is 17.3 Å². The van der Waals surface area contributed by atoms with Gasteiger partial charge < -0.3 is 9.29 Å². The second kappa shape index (κ2) is 5.25. The number of carbonyl (C=O) groups excluding carboxylic acids is 1. The maximum Gasteiger partial charge on any atom is 0.339 e. The molecule has 1 aromatic rings. The SMILES string of the molecule is CCOC(=O)c1cccc(Cl)c1S(=O)O. The minimum atomic E-state index is -2.31. The number of hydrogen-bond donors (Lipinski definition) is 1. The molecular weight excluding hydrogens is 240 g/mol. The molecule has 6 heteroatoms. The van der Waals surface area contributed by atoms with Crippen molar-refractivity contribution in [2.75, 3.05) is 6.61 Å². The molecule has 0 amide bonds. The van der Waals surface area contributed by atoms with Gasteiger partial charge in [-0.15, -0.1) is 0 Å². The van der Waals surface area contributed by atoms with Gasteiger partial charge in [-0.1, -0.05) is 17.7 Å². The zero-order valence-corrected chi connectivity index (χ0v) is 9.47. The largest absolute Gasteiger partial charge is 0.462 e. The molecule has 82 valence electrons. The van der Waals surface area contributed by atoms with Crippen molar-refractivity contribution in [1.29, 1.82) is 0 Å². The highest BCUT2D eigenvalue weighted by Crippen LogP contribution is 2.23. The monoisotopic (exact) mass is 248 g/mol. The molecule has 0 aliphatic carbocycles. The highest BCUT2D eigenvalue weighted by Gasteiger charge is 2.18. The van der Waals surface area contributed by atoms with Crippen molar-refractivity contribution < 1.29 is 18.3 Å². The summed E-state index contributed by atoms with van der Waals surface area (Å²) >= 11 is 3.40. The van der Waals surface area contributed by atoms with Gasteiger partial charge in [0.15, 0.2) is 11.1 Å². The van der Waals surface area contributed by atoms with Gasteiger partial charge in [-0.25, -0.2) is 9.00 Å². The molecular formula is C9H9ClO4S. The second-order valence-corrected chi connectivity index (χ2v) is 3.90. The summed E-state index contributed by atoms with van der Waals surface area (Å²) in [4.78, 5) is 11.3. The molecule has 0 saturated carbocycles. The predicted molar refractivity (Wildman–Crippen MR) is 56.4 cm³/mol. The van der Waals surface area contributed by atoms with Crippen molar-refractivity contribution in [2.45, 2.75) is 11.8 Å². The van der Waals surface area contributed by atoms with Crippen LogP contribution in [0.4, 0.5) is 0 Å².